The fourth-order valence-corrected chi connectivity index (χ4v) is 4.18. The lowest BCUT2D eigenvalue weighted by Gasteiger charge is -2.27. The van der Waals surface area contributed by atoms with E-state index in [1.54, 1.807) is 36.8 Å². The number of Topliss-reactive ketones (excluding diaryl/α,β-unsaturated/α-hetero) is 1. The van der Waals surface area contributed by atoms with E-state index in [4.69, 9.17) is 4.74 Å². The predicted molar refractivity (Wildman–Crippen MR) is 111 cm³/mol. The van der Waals surface area contributed by atoms with Gasteiger partial charge in [0.25, 0.3) is 5.91 Å². The summed E-state index contributed by atoms with van der Waals surface area (Å²) in [5.74, 6) is -0.691. The average Bonchev–Trinajstić information content (AvgIpc) is 3.38. The number of rotatable bonds is 6. The van der Waals surface area contributed by atoms with Crippen LogP contribution in [0.5, 0.6) is 5.75 Å². The third kappa shape index (κ3) is 3.54. The molecule has 146 valence electrons. The van der Waals surface area contributed by atoms with Gasteiger partial charge in [-0.25, -0.2) is 0 Å². The molecule has 0 saturated heterocycles. The number of carbonyl (C=O) groups is 2. The van der Waals surface area contributed by atoms with Gasteiger partial charge in [0.2, 0.25) is 5.78 Å². The largest absolute Gasteiger partial charge is 0.503 e. The lowest BCUT2D eigenvalue weighted by atomic mass is 9.95. The van der Waals surface area contributed by atoms with Gasteiger partial charge in [-0.15, -0.1) is 11.3 Å². The highest BCUT2D eigenvalue weighted by molar-refractivity contribution is 7.12. The molecule has 6 heteroatoms. The number of ketones is 1. The quantitative estimate of drug-likeness (QED) is 0.612. The minimum absolute atomic E-state index is 0.110. The summed E-state index contributed by atoms with van der Waals surface area (Å²) >= 11 is 1.29. The van der Waals surface area contributed by atoms with Gasteiger partial charge < -0.3 is 14.7 Å². The first kappa shape index (κ1) is 19.0. The Kier molecular flexibility index (Phi) is 5.18. The van der Waals surface area contributed by atoms with Crippen LogP contribution in [0.1, 0.15) is 26.8 Å². The molecule has 1 N–H and O–H groups in total. The van der Waals surface area contributed by atoms with Crippen LogP contribution in [0, 0.1) is 0 Å². The number of methoxy groups -OCH3 is 1. The minimum atomic E-state index is -0.678. The second-order valence-corrected chi connectivity index (χ2v) is 7.61. The van der Waals surface area contributed by atoms with Crippen LogP contribution < -0.4 is 4.74 Å². The lowest BCUT2D eigenvalue weighted by molar-refractivity contribution is -0.130. The van der Waals surface area contributed by atoms with Crippen molar-refractivity contribution in [2.75, 3.05) is 7.11 Å². The van der Waals surface area contributed by atoms with Crippen molar-refractivity contribution in [2.45, 2.75) is 12.6 Å². The first-order valence-electron chi connectivity index (χ1n) is 9.10. The van der Waals surface area contributed by atoms with Crippen molar-refractivity contribution >= 4 is 23.0 Å². The second kappa shape index (κ2) is 7.93. The highest BCUT2D eigenvalue weighted by Crippen LogP contribution is 2.40. The van der Waals surface area contributed by atoms with Crippen LogP contribution in [0.2, 0.25) is 0 Å². The number of amides is 1. The van der Waals surface area contributed by atoms with E-state index in [1.165, 1.54) is 16.2 Å². The molecule has 0 spiro atoms. The van der Waals surface area contributed by atoms with Gasteiger partial charge in [-0.2, -0.15) is 0 Å². The molecule has 0 bridgehead atoms. The highest BCUT2D eigenvalue weighted by Gasteiger charge is 2.43. The van der Waals surface area contributed by atoms with Crippen molar-refractivity contribution in [2.24, 2.45) is 0 Å². The zero-order chi connectivity index (χ0) is 20.4. The molecule has 1 amide bonds. The molecule has 29 heavy (non-hydrogen) atoms. The van der Waals surface area contributed by atoms with Crippen molar-refractivity contribution in [3.05, 3.63) is 99.4 Å². The summed E-state index contributed by atoms with van der Waals surface area (Å²) in [6.45, 7) is 0.279. The van der Waals surface area contributed by atoms with Crippen LogP contribution in [0.25, 0.3) is 0 Å². The number of hydrogen-bond donors (Lipinski definition) is 1. The van der Waals surface area contributed by atoms with Gasteiger partial charge in [0.1, 0.15) is 5.75 Å². The summed E-state index contributed by atoms with van der Waals surface area (Å²) in [7, 11) is 1.58. The van der Waals surface area contributed by atoms with E-state index < -0.39 is 17.7 Å². The summed E-state index contributed by atoms with van der Waals surface area (Å²) < 4.78 is 5.22. The number of aliphatic hydroxyl groups is 1. The van der Waals surface area contributed by atoms with Gasteiger partial charge in [-0.05, 0) is 34.7 Å². The second-order valence-electron chi connectivity index (χ2n) is 6.66. The summed E-state index contributed by atoms with van der Waals surface area (Å²) in [5, 5.41) is 12.5. The minimum Gasteiger partial charge on any atom is -0.503 e. The molecule has 0 fully saturated rings. The predicted octanol–water partition coefficient (Wildman–Crippen LogP) is 4.54. The van der Waals surface area contributed by atoms with Crippen LogP contribution >= 0.6 is 11.3 Å². The normalized spacial score (nSPS) is 16.4. The van der Waals surface area contributed by atoms with Crippen molar-refractivity contribution in [1.29, 1.82) is 0 Å². The third-order valence-electron chi connectivity index (χ3n) is 4.92. The molecule has 1 aromatic heterocycles. The number of benzene rings is 2. The number of nitrogens with zero attached hydrogens (tertiary/aromatic N) is 1. The third-order valence-corrected chi connectivity index (χ3v) is 5.79. The number of carbonyl (C=O) groups excluding carboxylic acids is 2. The maximum absolute atomic E-state index is 13.2. The molecular formula is C23H19NO4S. The molecule has 3 aromatic rings. The van der Waals surface area contributed by atoms with E-state index >= 15 is 0 Å². The fourth-order valence-electron chi connectivity index (χ4n) is 3.50. The van der Waals surface area contributed by atoms with Crippen LogP contribution in [-0.2, 0) is 11.3 Å². The highest BCUT2D eigenvalue weighted by atomic mass is 32.1. The zero-order valence-corrected chi connectivity index (χ0v) is 16.6. The average molecular weight is 405 g/mol. The van der Waals surface area contributed by atoms with E-state index in [2.05, 4.69) is 0 Å². The summed E-state index contributed by atoms with van der Waals surface area (Å²) in [5.41, 5.74) is 1.76. The topological polar surface area (TPSA) is 66.8 Å². The molecule has 1 aliphatic heterocycles. The standard InChI is InChI=1S/C23H19NO4S/c1-28-17-11-9-16(10-12-17)20-19(21(25)18-8-5-13-29-18)22(26)23(27)24(20)14-15-6-3-2-4-7-15/h2-13,20,26H,14H2,1H3. The number of hydrogen-bond acceptors (Lipinski definition) is 5. The van der Waals surface area contributed by atoms with Gasteiger partial charge in [-0.3, -0.25) is 9.59 Å². The zero-order valence-electron chi connectivity index (χ0n) is 15.7. The molecule has 2 heterocycles. The van der Waals surface area contributed by atoms with Crippen LogP contribution in [0.4, 0.5) is 0 Å². The molecule has 5 nitrogen and oxygen atoms in total. The van der Waals surface area contributed by atoms with Gasteiger partial charge in [0.15, 0.2) is 5.76 Å². The Hall–Kier alpha value is -3.38. The molecule has 2 aromatic carbocycles. The van der Waals surface area contributed by atoms with E-state index in [0.29, 0.717) is 10.6 Å². The molecular weight excluding hydrogens is 386 g/mol. The summed E-state index contributed by atoms with van der Waals surface area (Å²) in [6.07, 6.45) is 0. The van der Waals surface area contributed by atoms with Crippen molar-refractivity contribution in [1.82, 2.24) is 4.90 Å². The lowest BCUT2D eigenvalue weighted by Crippen LogP contribution is -2.30. The van der Waals surface area contributed by atoms with Gasteiger partial charge in [0.05, 0.1) is 23.6 Å². The maximum atomic E-state index is 13.2. The molecule has 1 aliphatic rings. The Morgan fingerprint density at radius 2 is 1.79 bits per heavy atom. The van der Waals surface area contributed by atoms with E-state index in [1.807, 2.05) is 42.5 Å². The molecule has 0 aliphatic carbocycles. The van der Waals surface area contributed by atoms with E-state index in [-0.39, 0.29) is 17.9 Å². The molecule has 0 saturated carbocycles. The van der Waals surface area contributed by atoms with Gasteiger partial charge in [0, 0.05) is 6.54 Å². The molecule has 1 unspecified atom stereocenters. The number of aliphatic hydroxyl groups excluding tert-OH is 1. The Labute approximate surface area is 172 Å². The Bertz CT molecular complexity index is 1060. The first-order chi connectivity index (χ1) is 14.1. The molecule has 4 rings (SSSR count). The number of ether oxygens (including phenoxy) is 1. The Balaban J connectivity index is 1.79. The number of thiophene rings is 1. The van der Waals surface area contributed by atoms with Crippen molar-refractivity contribution < 1.29 is 19.4 Å². The SMILES string of the molecule is COc1ccc(C2C(C(=O)c3cccs3)=C(O)C(=O)N2Cc2ccccc2)cc1. The fraction of sp³-hybridized carbons (Fsp3) is 0.130. The first-order valence-corrected chi connectivity index (χ1v) is 9.98. The van der Waals surface area contributed by atoms with Crippen LogP contribution in [-0.4, -0.2) is 28.8 Å². The summed E-state index contributed by atoms with van der Waals surface area (Å²) in [6, 6.07) is 19.5. The smallest absolute Gasteiger partial charge is 0.290 e. The molecule has 1 atom stereocenters. The van der Waals surface area contributed by atoms with E-state index in [0.717, 1.165) is 11.1 Å². The van der Waals surface area contributed by atoms with Crippen molar-refractivity contribution in [3.8, 4) is 5.75 Å². The Morgan fingerprint density at radius 1 is 1.07 bits per heavy atom. The van der Waals surface area contributed by atoms with Crippen molar-refractivity contribution in [3.63, 3.8) is 0 Å². The van der Waals surface area contributed by atoms with E-state index in [9.17, 15) is 14.7 Å². The molecule has 0 radical (unpaired) electrons. The maximum Gasteiger partial charge on any atom is 0.290 e. The Morgan fingerprint density at radius 3 is 2.41 bits per heavy atom. The summed E-state index contributed by atoms with van der Waals surface area (Å²) in [4.78, 5) is 28.1. The van der Waals surface area contributed by atoms with Gasteiger partial charge >= 0.3 is 0 Å². The van der Waals surface area contributed by atoms with Gasteiger partial charge in [-0.1, -0.05) is 48.5 Å². The van der Waals surface area contributed by atoms with Crippen LogP contribution in [0.3, 0.4) is 0 Å². The van der Waals surface area contributed by atoms with Crippen LogP contribution in [0.15, 0.2) is 83.4 Å². The monoisotopic (exact) mass is 405 g/mol.